The number of nitrogens with one attached hydrogen (secondary N) is 2. The van der Waals surface area contributed by atoms with E-state index in [2.05, 4.69) is 26.8 Å². The van der Waals surface area contributed by atoms with E-state index >= 15 is 0 Å². The first-order chi connectivity index (χ1) is 12.6. The Morgan fingerprint density at radius 1 is 1.38 bits per heavy atom. The third-order valence-electron chi connectivity index (χ3n) is 4.49. The largest absolute Gasteiger partial charge is 0.375 e. The summed E-state index contributed by atoms with van der Waals surface area (Å²) >= 11 is 0. The number of non-ortho nitro benzene ring substituents is 1. The van der Waals surface area contributed by atoms with Gasteiger partial charge in [-0.25, -0.2) is 5.43 Å². The summed E-state index contributed by atoms with van der Waals surface area (Å²) in [5.74, 6) is 0.584. The fraction of sp³-hybridized carbons (Fsp3) is 0.412. The standard InChI is InChI=1S/C17H21N5O4/c1-26-15(12-2-4-14(5-3-12)22(24)25)11-21-8-6-13(7-9-21)17-18-10-16(23)19-20-17/h2-6,15H,7-11H2,1H3,(H,18,20)(H,19,23). The van der Waals surface area contributed by atoms with Gasteiger partial charge in [0.2, 0.25) is 0 Å². The van der Waals surface area contributed by atoms with E-state index in [1.807, 2.05) is 0 Å². The van der Waals surface area contributed by atoms with Crippen LogP contribution < -0.4 is 10.7 Å². The fourth-order valence-electron chi connectivity index (χ4n) is 3.00. The number of nitrogens with zero attached hydrogens (tertiary/aromatic N) is 3. The monoisotopic (exact) mass is 359 g/mol. The quantitative estimate of drug-likeness (QED) is 0.578. The molecule has 1 atom stereocenters. The van der Waals surface area contributed by atoms with Gasteiger partial charge >= 0.3 is 0 Å². The molecule has 9 heteroatoms. The molecule has 9 nitrogen and oxygen atoms in total. The second-order valence-electron chi connectivity index (χ2n) is 6.16. The van der Waals surface area contributed by atoms with Gasteiger partial charge in [-0.3, -0.25) is 19.8 Å². The average Bonchev–Trinajstić information content (AvgIpc) is 2.67. The van der Waals surface area contributed by atoms with Crippen molar-refractivity contribution in [2.24, 2.45) is 5.10 Å². The first-order valence-electron chi connectivity index (χ1n) is 8.36. The molecule has 0 aliphatic carbocycles. The highest BCUT2D eigenvalue weighted by Crippen LogP contribution is 2.23. The molecule has 2 heterocycles. The van der Waals surface area contributed by atoms with E-state index < -0.39 is 4.92 Å². The van der Waals surface area contributed by atoms with Crippen LogP contribution in [0.1, 0.15) is 18.1 Å². The maximum Gasteiger partial charge on any atom is 0.269 e. The number of carbonyl (C=O) groups excluding carboxylic acids is 1. The number of hydrazone groups is 1. The van der Waals surface area contributed by atoms with Gasteiger partial charge in [0.25, 0.3) is 11.6 Å². The van der Waals surface area contributed by atoms with E-state index in [1.54, 1.807) is 19.2 Å². The van der Waals surface area contributed by atoms with Crippen LogP contribution in [-0.4, -0.2) is 54.9 Å². The van der Waals surface area contributed by atoms with Crippen molar-refractivity contribution in [1.29, 1.82) is 0 Å². The van der Waals surface area contributed by atoms with Gasteiger partial charge in [-0.2, -0.15) is 5.10 Å². The Morgan fingerprint density at radius 3 is 2.69 bits per heavy atom. The Labute approximate surface area is 150 Å². The molecule has 3 rings (SSSR count). The van der Waals surface area contributed by atoms with Crippen LogP contribution in [-0.2, 0) is 9.53 Å². The molecule has 2 aliphatic rings. The lowest BCUT2D eigenvalue weighted by molar-refractivity contribution is -0.384. The second kappa shape index (κ2) is 8.07. The first-order valence-corrected chi connectivity index (χ1v) is 8.36. The van der Waals surface area contributed by atoms with Crippen molar-refractivity contribution >= 4 is 17.4 Å². The molecule has 0 radical (unpaired) electrons. The minimum atomic E-state index is -0.410. The third kappa shape index (κ3) is 4.24. The van der Waals surface area contributed by atoms with Crippen LogP contribution >= 0.6 is 0 Å². The molecule has 138 valence electrons. The summed E-state index contributed by atoms with van der Waals surface area (Å²) in [4.78, 5) is 23.7. The van der Waals surface area contributed by atoms with Crippen molar-refractivity contribution in [3.05, 3.63) is 51.6 Å². The van der Waals surface area contributed by atoms with Gasteiger partial charge < -0.3 is 10.1 Å². The maximum absolute atomic E-state index is 11.1. The molecular weight excluding hydrogens is 338 g/mol. The molecule has 26 heavy (non-hydrogen) atoms. The predicted molar refractivity (Wildman–Crippen MR) is 95.6 cm³/mol. The Bertz CT molecular complexity index is 744. The summed E-state index contributed by atoms with van der Waals surface area (Å²) in [5.41, 5.74) is 4.55. The summed E-state index contributed by atoms with van der Waals surface area (Å²) < 4.78 is 5.58. The van der Waals surface area contributed by atoms with Gasteiger partial charge in [-0.15, -0.1) is 0 Å². The zero-order valence-corrected chi connectivity index (χ0v) is 14.5. The van der Waals surface area contributed by atoms with Gasteiger partial charge in [-0.1, -0.05) is 6.08 Å². The van der Waals surface area contributed by atoms with Gasteiger partial charge in [-0.05, 0) is 29.7 Å². The average molecular weight is 359 g/mol. The van der Waals surface area contributed by atoms with E-state index in [1.165, 1.54) is 12.1 Å². The number of ether oxygens (including phenoxy) is 1. The number of amides is 1. The minimum Gasteiger partial charge on any atom is -0.375 e. The van der Waals surface area contributed by atoms with Crippen molar-refractivity contribution in [2.45, 2.75) is 12.5 Å². The summed E-state index contributed by atoms with van der Waals surface area (Å²) in [6.45, 7) is 2.52. The molecule has 0 spiro atoms. The molecule has 0 saturated heterocycles. The molecule has 0 fully saturated rings. The van der Waals surface area contributed by atoms with Crippen molar-refractivity contribution in [3.63, 3.8) is 0 Å². The Morgan fingerprint density at radius 2 is 2.15 bits per heavy atom. The number of hydrogen-bond acceptors (Lipinski definition) is 7. The van der Waals surface area contributed by atoms with Crippen LogP contribution in [0.25, 0.3) is 0 Å². The Kier molecular flexibility index (Phi) is 5.59. The van der Waals surface area contributed by atoms with Crippen LogP contribution in [0.5, 0.6) is 0 Å². The van der Waals surface area contributed by atoms with E-state index in [4.69, 9.17) is 4.74 Å². The summed E-state index contributed by atoms with van der Waals surface area (Å²) in [7, 11) is 1.64. The van der Waals surface area contributed by atoms with E-state index in [0.717, 1.165) is 36.5 Å². The van der Waals surface area contributed by atoms with E-state index in [9.17, 15) is 14.9 Å². The van der Waals surface area contributed by atoms with E-state index in [0.29, 0.717) is 6.54 Å². The highest BCUT2D eigenvalue weighted by molar-refractivity contribution is 6.02. The maximum atomic E-state index is 11.1. The molecule has 0 saturated carbocycles. The zero-order valence-electron chi connectivity index (χ0n) is 14.5. The number of nitro groups is 1. The molecular formula is C17H21N5O4. The van der Waals surface area contributed by atoms with Gasteiger partial charge in [0, 0.05) is 38.9 Å². The van der Waals surface area contributed by atoms with Crippen molar-refractivity contribution < 1.29 is 14.5 Å². The van der Waals surface area contributed by atoms with Gasteiger partial charge in [0.15, 0.2) is 0 Å². The number of amidine groups is 1. The van der Waals surface area contributed by atoms with Crippen LogP contribution in [0.4, 0.5) is 5.69 Å². The SMILES string of the molecule is COC(CN1CC=C(C2=NNC(=O)CN2)CC1)c1ccc([N+](=O)[O-])cc1. The first kappa shape index (κ1) is 18.0. The lowest BCUT2D eigenvalue weighted by atomic mass is 10.0. The number of nitro benzene ring substituents is 1. The normalized spacial score (nSPS) is 19.0. The topological polar surface area (TPSA) is 109 Å². The number of rotatable bonds is 6. The highest BCUT2D eigenvalue weighted by atomic mass is 16.6. The lowest BCUT2D eigenvalue weighted by Gasteiger charge is -2.30. The van der Waals surface area contributed by atoms with Crippen LogP contribution in [0, 0.1) is 10.1 Å². The number of benzene rings is 1. The molecule has 1 aromatic rings. The lowest BCUT2D eigenvalue weighted by Crippen LogP contribution is -2.44. The molecule has 2 N–H and O–H groups in total. The van der Waals surface area contributed by atoms with Crippen LogP contribution in [0.2, 0.25) is 0 Å². The van der Waals surface area contributed by atoms with Gasteiger partial charge in [0.05, 0.1) is 17.6 Å². The zero-order chi connectivity index (χ0) is 18.5. The molecule has 1 amide bonds. The number of hydrogen-bond donors (Lipinski definition) is 2. The molecule has 1 unspecified atom stereocenters. The van der Waals surface area contributed by atoms with Crippen molar-refractivity contribution in [2.75, 3.05) is 33.3 Å². The smallest absolute Gasteiger partial charge is 0.269 e. The highest BCUT2D eigenvalue weighted by Gasteiger charge is 2.22. The Hall–Kier alpha value is -2.78. The van der Waals surface area contributed by atoms with E-state index in [-0.39, 0.29) is 24.2 Å². The predicted octanol–water partition coefficient (Wildman–Crippen LogP) is 0.947. The fourth-order valence-corrected chi connectivity index (χ4v) is 3.00. The van der Waals surface area contributed by atoms with Crippen LogP contribution in [0.15, 0.2) is 41.0 Å². The second-order valence-corrected chi connectivity index (χ2v) is 6.16. The Balaban J connectivity index is 1.60. The van der Waals surface area contributed by atoms with Crippen molar-refractivity contribution in [3.8, 4) is 0 Å². The minimum absolute atomic E-state index is 0.0713. The third-order valence-corrected chi connectivity index (χ3v) is 4.49. The number of carbonyl (C=O) groups is 1. The molecule has 0 aromatic heterocycles. The summed E-state index contributed by atoms with van der Waals surface area (Å²) in [6.07, 6.45) is 2.75. The number of methoxy groups -OCH3 is 1. The van der Waals surface area contributed by atoms with Crippen LogP contribution in [0.3, 0.4) is 0 Å². The van der Waals surface area contributed by atoms with Crippen molar-refractivity contribution in [1.82, 2.24) is 15.6 Å². The molecule has 0 bridgehead atoms. The molecule has 1 aromatic carbocycles. The molecule has 2 aliphatic heterocycles. The van der Waals surface area contributed by atoms with Gasteiger partial charge in [0.1, 0.15) is 5.84 Å². The summed E-state index contributed by atoms with van der Waals surface area (Å²) in [6, 6.07) is 6.47. The summed E-state index contributed by atoms with van der Waals surface area (Å²) in [5, 5.41) is 17.8.